The van der Waals surface area contributed by atoms with Crippen molar-refractivity contribution in [3.8, 4) is 0 Å². The van der Waals surface area contributed by atoms with Crippen molar-refractivity contribution in [3.05, 3.63) is 59.2 Å². The molecular formula is C17H22O2. The Hall–Kier alpha value is -1.83. The molecule has 0 unspecified atom stereocenters. The van der Waals surface area contributed by atoms with Gasteiger partial charge >= 0.3 is 5.97 Å². The number of hydrogen-bond acceptors (Lipinski definition) is 2. The van der Waals surface area contributed by atoms with Gasteiger partial charge in [0.2, 0.25) is 0 Å². The van der Waals surface area contributed by atoms with Gasteiger partial charge in [-0.3, -0.25) is 0 Å². The van der Waals surface area contributed by atoms with Crippen LogP contribution in [-0.2, 0) is 16.1 Å². The molecule has 19 heavy (non-hydrogen) atoms. The Morgan fingerprint density at radius 3 is 2.47 bits per heavy atom. The van der Waals surface area contributed by atoms with E-state index >= 15 is 0 Å². The summed E-state index contributed by atoms with van der Waals surface area (Å²) in [6, 6.07) is 9.70. The molecule has 0 aromatic heterocycles. The molecule has 0 heterocycles. The molecule has 0 aliphatic rings. The number of allylic oxidation sites excluding steroid dienone is 3. The fraction of sp³-hybridized carbons (Fsp3) is 0.353. The van der Waals surface area contributed by atoms with Gasteiger partial charge in [-0.05, 0) is 39.2 Å². The van der Waals surface area contributed by atoms with Crippen LogP contribution in [0.15, 0.2) is 53.6 Å². The summed E-state index contributed by atoms with van der Waals surface area (Å²) in [5.41, 5.74) is 3.36. The molecule has 0 aliphatic carbocycles. The number of hydrogen-bond donors (Lipinski definition) is 0. The molecular weight excluding hydrogens is 236 g/mol. The predicted molar refractivity (Wildman–Crippen MR) is 78.7 cm³/mol. The normalized spacial score (nSPS) is 11.0. The molecule has 1 aromatic carbocycles. The maximum atomic E-state index is 11.6. The van der Waals surface area contributed by atoms with Gasteiger partial charge < -0.3 is 4.74 Å². The maximum Gasteiger partial charge on any atom is 0.331 e. The smallest absolute Gasteiger partial charge is 0.331 e. The first-order chi connectivity index (χ1) is 9.08. The Morgan fingerprint density at radius 2 is 1.84 bits per heavy atom. The van der Waals surface area contributed by atoms with E-state index in [1.807, 2.05) is 37.3 Å². The number of carbonyl (C=O) groups is 1. The van der Waals surface area contributed by atoms with Gasteiger partial charge in [0.05, 0.1) is 0 Å². The third-order valence-corrected chi connectivity index (χ3v) is 2.68. The van der Waals surface area contributed by atoms with E-state index in [-0.39, 0.29) is 5.97 Å². The highest BCUT2D eigenvalue weighted by Gasteiger charge is 2.00. The number of carbonyl (C=O) groups excluding carboxylic acids is 1. The van der Waals surface area contributed by atoms with Crippen molar-refractivity contribution >= 4 is 5.97 Å². The minimum atomic E-state index is -0.265. The van der Waals surface area contributed by atoms with Crippen LogP contribution in [0.3, 0.4) is 0 Å². The van der Waals surface area contributed by atoms with Crippen LogP contribution in [-0.4, -0.2) is 5.97 Å². The van der Waals surface area contributed by atoms with Gasteiger partial charge in [-0.15, -0.1) is 0 Å². The van der Waals surface area contributed by atoms with Crippen LogP contribution < -0.4 is 0 Å². The van der Waals surface area contributed by atoms with Gasteiger partial charge in [0.25, 0.3) is 0 Å². The summed E-state index contributed by atoms with van der Waals surface area (Å²) >= 11 is 0. The number of rotatable bonds is 6. The molecule has 1 rings (SSSR count). The summed E-state index contributed by atoms with van der Waals surface area (Å²) in [5.74, 6) is -0.265. The van der Waals surface area contributed by atoms with Gasteiger partial charge in [0.1, 0.15) is 6.61 Å². The molecule has 0 saturated heterocycles. The minimum absolute atomic E-state index is 0.265. The van der Waals surface area contributed by atoms with Crippen molar-refractivity contribution in [3.63, 3.8) is 0 Å². The summed E-state index contributed by atoms with van der Waals surface area (Å²) < 4.78 is 5.20. The van der Waals surface area contributed by atoms with E-state index in [2.05, 4.69) is 19.9 Å². The fourth-order valence-electron chi connectivity index (χ4n) is 1.63. The lowest BCUT2D eigenvalue weighted by molar-refractivity contribution is -0.139. The standard InChI is InChI=1S/C17H22O2/c1-14(2)8-7-9-15(3)12-17(18)19-13-16-10-5-4-6-11-16/h4-6,8,10-12H,7,9,13H2,1-3H3/b15-12+. The third-order valence-electron chi connectivity index (χ3n) is 2.68. The van der Waals surface area contributed by atoms with E-state index in [4.69, 9.17) is 4.74 Å². The molecule has 0 radical (unpaired) electrons. The van der Waals surface area contributed by atoms with Crippen LogP contribution in [0.5, 0.6) is 0 Å². The highest BCUT2D eigenvalue weighted by atomic mass is 16.5. The van der Waals surface area contributed by atoms with E-state index in [1.54, 1.807) is 6.08 Å². The van der Waals surface area contributed by atoms with Crippen LogP contribution >= 0.6 is 0 Å². The Morgan fingerprint density at radius 1 is 1.16 bits per heavy atom. The van der Waals surface area contributed by atoms with E-state index < -0.39 is 0 Å². The molecule has 0 saturated carbocycles. The molecule has 2 heteroatoms. The van der Waals surface area contributed by atoms with E-state index in [0.717, 1.165) is 24.0 Å². The van der Waals surface area contributed by atoms with Crippen molar-refractivity contribution in [2.45, 2.75) is 40.2 Å². The summed E-state index contributed by atoms with van der Waals surface area (Å²) in [5, 5.41) is 0. The molecule has 2 nitrogen and oxygen atoms in total. The first-order valence-corrected chi connectivity index (χ1v) is 6.59. The highest BCUT2D eigenvalue weighted by Crippen LogP contribution is 2.07. The van der Waals surface area contributed by atoms with Gasteiger partial charge in [-0.2, -0.15) is 0 Å². The van der Waals surface area contributed by atoms with Crippen LogP contribution in [0, 0.1) is 0 Å². The summed E-state index contributed by atoms with van der Waals surface area (Å²) in [4.78, 5) is 11.6. The first-order valence-electron chi connectivity index (χ1n) is 6.59. The molecule has 102 valence electrons. The Balaban J connectivity index is 2.35. The zero-order chi connectivity index (χ0) is 14.1. The minimum Gasteiger partial charge on any atom is -0.458 e. The van der Waals surface area contributed by atoms with Crippen LogP contribution in [0.1, 0.15) is 39.2 Å². The average molecular weight is 258 g/mol. The average Bonchev–Trinajstić information content (AvgIpc) is 2.37. The number of esters is 1. The Bertz CT molecular complexity index is 451. The summed E-state index contributed by atoms with van der Waals surface area (Å²) in [6.45, 7) is 6.44. The van der Waals surface area contributed by atoms with E-state index in [0.29, 0.717) is 6.61 Å². The van der Waals surface area contributed by atoms with Crippen molar-refractivity contribution in [1.82, 2.24) is 0 Å². The quantitative estimate of drug-likeness (QED) is 0.429. The van der Waals surface area contributed by atoms with Gasteiger partial charge in [-0.1, -0.05) is 47.6 Å². The first kappa shape index (κ1) is 15.2. The second-order valence-electron chi connectivity index (χ2n) is 4.90. The van der Waals surface area contributed by atoms with Gasteiger partial charge in [0, 0.05) is 6.08 Å². The lowest BCUT2D eigenvalue weighted by atomic mass is 10.1. The van der Waals surface area contributed by atoms with E-state index in [1.165, 1.54) is 5.57 Å². The fourth-order valence-corrected chi connectivity index (χ4v) is 1.63. The summed E-state index contributed by atoms with van der Waals surface area (Å²) in [7, 11) is 0. The van der Waals surface area contributed by atoms with Crippen LogP contribution in [0.25, 0.3) is 0 Å². The van der Waals surface area contributed by atoms with Gasteiger partial charge in [0.15, 0.2) is 0 Å². The van der Waals surface area contributed by atoms with Crippen LogP contribution in [0.2, 0.25) is 0 Å². The van der Waals surface area contributed by atoms with Crippen molar-refractivity contribution in [1.29, 1.82) is 0 Å². The SMILES string of the molecule is CC(C)=CCC/C(C)=C/C(=O)OCc1ccccc1. The third kappa shape index (κ3) is 7.24. The monoisotopic (exact) mass is 258 g/mol. The highest BCUT2D eigenvalue weighted by molar-refractivity contribution is 5.82. The number of benzene rings is 1. The van der Waals surface area contributed by atoms with Crippen molar-refractivity contribution < 1.29 is 9.53 Å². The number of ether oxygens (including phenoxy) is 1. The van der Waals surface area contributed by atoms with Crippen molar-refractivity contribution in [2.24, 2.45) is 0 Å². The molecule has 0 bridgehead atoms. The molecule has 0 amide bonds. The maximum absolute atomic E-state index is 11.6. The topological polar surface area (TPSA) is 26.3 Å². The molecule has 0 N–H and O–H groups in total. The molecule has 0 spiro atoms. The zero-order valence-electron chi connectivity index (χ0n) is 12.0. The molecule has 0 fully saturated rings. The second-order valence-corrected chi connectivity index (χ2v) is 4.90. The Kier molecular flexibility index (Phi) is 6.65. The zero-order valence-corrected chi connectivity index (χ0v) is 12.0. The lowest BCUT2D eigenvalue weighted by Gasteiger charge is -2.03. The Labute approximate surface area is 115 Å². The van der Waals surface area contributed by atoms with Crippen molar-refractivity contribution in [2.75, 3.05) is 0 Å². The largest absolute Gasteiger partial charge is 0.458 e. The molecule has 1 aromatic rings. The second kappa shape index (κ2) is 8.30. The predicted octanol–water partition coefficient (Wildman–Crippen LogP) is 4.42. The van der Waals surface area contributed by atoms with Gasteiger partial charge in [-0.25, -0.2) is 4.79 Å². The van der Waals surface area contributed by atoms with Crippen LogP contribution in [0.4, 0.5) is 0 Å². The van der Waals surface area contributed by atoms with E-state index in [9.17, 15) is 4.79 Å². The molecule has 0 atom stereocenters. The summed E-state index contributed by atoms with van der Waals surface area (Å²) in [6.07, 6.45) is 5.62. The lowest BCUT2D eigenvalue weighted by Crippen LogP contribution is -2.01. The molecule has 0 aliphatic heterocycles.